The van der Waals surface area contributed by atoms with Crippen LogP contribution in [-0.4, -0.2) is 16.1 Å². The number of rotatable bonds is 2. The van der Waals surface area contributed by atoms with Gasteiger partial charge in [0, 0.05) is 0 Å². The van der Waals surface area contributed by atoms with Crippen molar-refractivity contribution < 1.29 is 0 Å². The van der Waals surface area contributed by atoms with Crippen LogP contribution in [0, 0.1) is 13.8 Å². The monoisotopic (exact) mass is 572 g/mol. The van der Waals surface area contributed by atoms with E-state index in [0.717, 1.165) is 0 Å². The van der Waals surface area contributed by atoms with E-state index in [9.17, 15) is 0 Å². The van der Waals surface area contributed by atoms with E-state index in [1.165, 1.54) is 66.4 Å². The number of hydrogen-bond acceptors (Lipinski definition) is 0. The van der Waals surface area contributed by atoms with E-state index in [0.29, 0.717) is 0 Å². The lowest BCUT2D eigenvalue weighted by molar-refractivity contribution is 1.47. The van der Waals surface area contributed by atoms with E-state index < -0.39 is 16.1 Å². The summed E-state index contributed by atoms with van der Waals surface area (Å²) in [6.07, 6.45) is 0. The van der Waals surface area contributed by atoms with Crippen LogP contribution in [0.2, 0.25) is 26.2 Å². The van der Waals surface area contributed by atoms with Crippen LogP contribution in [-0.2, 0) is 0 Å². The normalized spacial score (nSPS) is 15.3. The lowest BCUT2D eigenvalue weighted by atomic mass is 9.91. The SMILES string of the molecule is Cc1cccc(-c2ccc3c(c2)[Si](C)(C)c2ccc4c5c(ccc4c2-3)[Si](C)(C)c2cc(-c3cccc(C)c3)ccc2-5)c1. The molecule has 2 aliphatic heterocycles. The third-order valence-electron chi connectivity index (χ3n) is 10.2. The molecule has 2 heteroatoms. The fourth-order valence-corrected chi connectivity index (χ4v) is 14.1. The summed E-state index contributed by atoms with van der Waals surface area (Å²) in [7, 11) is -3.69. The molecule has 0 fully saturated rings. The molecular formula is C40H36Si2. The highest BCUT2D eigenvalue weighted by atomic mass is 28.3. The van der Waals surface area contributed by atoms with Gasteiger partial charge in [-0.2, -0.15) is 0 Å². The second kappa shape index (κ2) is 8.76. The van der Waals surface area contributed by atoms with Crippen LogP contribution in [0.3, 0.4) is 0 Å². The van der Waals surface area contributed by atoms with Crippen LogP contribution >= 0.6 is 0 Å². The van der Waals surface area contributed by atoms with E-state index >= 15 is 0 Å². The summed E-state index contributed by atoms with van der Waals surface area (Å²) in [5.41, 5.74) is 13.8. The molecule has 0 aromatic heterocycles. The van der Waals surface area contributed by atoms with Crippen molar-refractivity contribution in [3.63, 3.8) is 0 Å². The van der Waals surface area contributed by atoms with Gasteiger partial charge in [0.15, 0.2) is 0 Å². The zero-order valence-electron chi connectivity index (χ0n) is 25.4. The zero-order chi connectivity index (χ0) is 29.0. The molecule has 0 saturated heterocycles. The Morgan fingerprint density at radius 1 is 0.381 bits per heavy atom. The van der Waals surface area contributed by atoms with E-state index in [2.05, 4.69) is 149 Å². The van der Waals surface area contributed by atoms with Gasteiger partial charge in [-0.05, 0) is 89.9 Å². The van der Waals surface area contributed by atoms with Crippen LogP contribution in [0.15, 0.2) is 109 Å². The lowest BCUT2D eigenvalue weighted by Gasteiger charge is -2.21. The average Bonchev–Trinajstić information content (AvgIpc) is 3.36. The topological polar surface area (TPSA) is 0 Å². The van der Waals surface area contributed by atoms with Gasteiger partial charge in [0.2, 0.25) is 0 Å². The Labute approximate surface area is 251 Å². The van der Waals surface area contributed by atoms with Gasteiger partial charge < -0.3 is 0 Å². The summed E-state index contributed by atoms with van der Waals surface area (Å²) < 4.78 is 0. The first-order valence-electron chi connectivity index (χ1n) is 15.2. The Hall–Kier alpha value is -3.99. The second-order valence-corrected chi connectivity index (χ2v) is 22.2. The van der Waals surface area contributed by atoms with Crippen molar-refractivity contribution in [1.82, 2.24) is 0 Å². The van der Waals surface area contributed by atoms with Gasteiger partial charge >= 0.3 is 0 Å². The van der Waals surface area contributed by atoms with Crippen molar-refractivity contribution in [1.29, 1.82) is 0 Å². The lowest BCUT2D eigenvalue weighted by Crippen LogP contribution is -2.49. The minimum atomic E-state index is -1.84. The maximum Gasteiger partial charge on any atom is 0.113 e. The summed E-state index contributed by atoms with van der Waals surface area (Å²) >= 11 is 0. The Morgan fingerprint density at radius 3 is 1.19 bits per heavy atom. The van der Waals surface area contributed by atoms with E-state index in [1.807, 2.05) is 0 Å². The summed E-state index contributed by atoms with van der Waals surface area (Å²) in [5.74, 6) is 0. The molecule has 8 rings (SSSR count). The van der Waals surface area contributed by atoms with Crippen LogP contribution < -0.4 is 20.7 Å². The predicted octanol–water partition coefficient (Wildman–Crippen LogP) is 8.40. The number of aryl methyl sites for hydroxylation is 2. The Bertz CT molecular complexity index is 1960. The number of benzene rings is 6. The third-order valence-corrected chi connectivity index (χ3v) is 17.2. The quantitative estimate of drug-likeness (QED) is 0.183. The molecule has 0 nitrogen and oxygen atoms in total. The highest BCUT2D eigenvalue weighted by Gasteiger charge is 2.41. The molecule has 0 saturated carbocycles. The van der Waals surface area contributed by atoms with Crippen molar-refractivity contribution in [2.24, 2.45) is 0 Å². The highest BCUT2D eigenvalue weighted by Crippen LogP contribution is 2.41. The fourth-order valence-electron chi connectivity index (χ4n) is 7.88. The molecule has 0 radical (unpaired) electrons. The molecule has 0 unspecified atom stereocenters. The molecule has 42 heavy (non-hydrogen) atoms. The Morgan fingerprint density at radius 2 is 0.786 bits per heavy atom. The van der Waals surface area contributed by atoms with Crippen LogP contribution in [0.5, 0.6) is 0 Å². The molecule has 6 aromatic rings. The maximum atomic E-state index is 2.54. The summed E-state index contributed by atoms with van der Waals surface area (Å²) in [6, 6.07) is 42.3. The van der Waals surface area contributed by atoms with Crippen LogP contribution in [0.4, 0.5) is 0 Å². The molecule has 0 N–H and O–H groups in total. The summed E-state index contributed by atoms with van der Waals surface area (Å²) in [6.45, 7) is 14.5. The molecule has 0 atom stereocenters. The van der Waals surface area contributed by atoms with E-state index in [-0.39, 0.29) is 0 Å². The average molecular weight is 573 g/mol. The number of hydrogen-bond donors (Lipinski definition) is 0. The van der Waals surface area contributed by atoms with Crippen molar-refractivity contribution in [2.75, 3.05) is 0 Å². The molecule has 2 aliphatic rings. The zero-order valence-corrected chi connectivity index (χ0v) is 27.4. The first-order chi connectivity index (χ1) is 20.1. The van der Waals surface area contributed by atoms with Gasteiger partial charge in [-0.3, -0.25) is 0 Å². The molecule has 0 bridgehead atoms. The Kier molecular flexibility index (Phi) is 5.36. The van der Waals surface area contributed by atoms with Gasteiger partial charge in [0.25, 0.3) is 0 Å². The van der Waals surface area contributed by atoms with Gasteiger partial charge in [-0.1, -0.05) is 147 Å². The third kappa shape index (κ3) is 3.52. The van der Waals surface area contributed by atoms with Gasteiger partial charge in [-0.15, -0.1) is 0 Å². The maximum absolute atomic E-state index is 2.54. The van der Waals surface area contributed by atoms with E-state index in [4.69, 9.17) is 0 Å². The smallest absolute Gasteiger partial charge is 0.0616 e. The minimum Gasteiger partial charge on any atom is -0.0616 e. The van der Waals surface area contributed by atoms with Crippen molar-refractivity contribution >= 4 is 47.7 Å². The van der Waals surface area contributed by atoms with Gasteiger partial charge in [0.1, 0.15) is 16.1 Å². The van der Waals surface area contributed by atoms with Crippen molar-refractivity contribution in [3.05, 3.63) is 120 Å². The first kappa shape index (κ1) is 25.7. The minimum absolute atomic E-state index is 1.31. The largest absolute Gasteiger partial charge is 0.113 e. The second-order valence-electron chi connectivity index (χ2n) is 13.6. The van der Waals surface area contributed by atoms with E-state index in [1.54, 1.807) is 20.7 Å². The molecule has 2 heterocycles. The molecule has 0 spiro atoms. The standard InChI is InChI=1S/C40H36Si2/c1-25-9-7-11-27(21-25)29-13-15-33-37(23-29)41(3,4)35-19-17-32-31(39(33)35)18-20-36-40(32)34-16-14-30(24-38(34)42(36,5)6)28-12-8-10-26(2)22-28/h7-24H,1-6H3. The highest BCUT2D eigenvalue weighted by molar-refractivity contribution is 7.05. The molecule has 204 valence electrons. The fraction of sp³-hybridized carbons (Fsp3) is 0.150. The Balaban J connectivity index is 1.33. The van der Waals surface area contributed by atoms with Crippen molar-refractivity contribution in [3.8, 4) is 44.5 Å². The summed E-state index contributed by atoms with van der Waals surface area (Å²) in [4.78, 5) is 0. The molecule has 6 aromatic carbocycles. The van der Waals surface area contributed by atoms with Crippen LogP contribution in [0.25, 0.3) is 55.3 Å². The van der Waals surface area contributed by atoms with Crippen LogP contribution in [0.1, 0.15) is 11.1 Å². The number of fused-ring (bicyclic) bond motifs is 9. The van der Waals surface area contributed by atoms with Crippen molar-refractivity contribution in [2.45, 2.75) is 40.0 Å². The van der Waals surface area contributed by atoms with Gasteiger partial charge in [0.05, 0.1) is 0 Å². The first-order valence-corrected chi connectivity index (χ1v) is 21.2. The predicted molar refractivity (Wildman–Crippen MR) is 189 cm³/mol. The van der Waals surface area contributed by atoms with Gasteiger partial charge in [-0.25, -0.2) is 0 Å². The summed E-state index contributed by atoms with van der Waals surface area (Å²) in [5, 5.41) is 9.15. The molecular weight excluding hydrogens is 537 g/mol. The molecule has 0 aliphatic carbocycles. The molecule has 0 amide bonds.